The standard InChI is InChI=1S/C24H25FN6O2/c1-14-9-15(2)28-24(27-14)31-12-16-10-30(11-17(16)13-31)23(32)21-18(5-4-6-19(21)25)22-26-8-7-20(29-22)33-3/h4-9,16-17H,10-13H2,1-3H3. The van der Waals surface area contributed by atoms with Crippen LogP contribution in [-0.2, 0) is 0 Å². The van der Waals surface area contributed by atoms with Gasteiger partial charge in [0.2, 0.25) is 11.8 Å². The van der Waals surface area contributed by atoms with Gasteiger partial charge in [0.05, 0.1) is 12.7 Å². The fraction of sp³-hybridized carbons (Fsp3) is 0.375. The van der Waals surface area contributed by atoms with Crippen molar-refractivity contribution in [1.82, 2.24) is 24.8 Å². The van der Waals surface area contributed by atoms with E-state index >= 15 is 0 Å². The lowest BCUT2D eigenvalue weighted by Gasteiger charge is -2.23. The lowest BCUT2D eigenvalue weighted by molar-refractivity contribution is 0.0778. The van der Waals surface area contributed by atoms with Gasteiger partial charge in [0, 0.05) is 67.2 Å². The van der Waals surface area contributed by atoms with E-state index in [1.54, 1.807) is 23.1 Å². The summed E-state index contributed by atoms with van der Waals surface area (Å²) in [5.74, 6) is 1.03. The van der Waals surface area contributed by atoms with E-state index in [0.717, 1.165) is 30.4 Å². The van der Waals surface area contributed by atoms with Gasteiger partial charge >= 0.3 is 0 Å². The molecule has 3 aromatic rings. The maximum atomic E-state index is 14.9. The quantitative estimate of drug-likeness (QED) is 0.607. The van der Waals surface area contributed by atoms with Crippen molar-refractivity contribution in [3.63, 3.8) is 0 Å². The number of carbonyl (C=O) groups is 1. The Labute approximate surface area is 191 Å². The average Bonchev–Trinajstić information content (AvgIpc) is 3.37. The summed E-state index contributed by atoms with van der Waals surface area (Å²) in [6.45, 7) is 6.62. The van der Waals surface area contributed by atoms with E-state index in [0.29, 0.717) is 36.4 Å². The summed E-state index contributed by atoms with van der Waals surface area (Å²) in [7, 11) is 1.50. The number of aryl methyl sites for hydroxylation is 2. The highest BCUT2D eigenvalue weighted by Crippen LogP contribution is 2.35. The Morgan fingerprint density at radius 1 is 1.03 bits per heavy atom. The molecule has 33 heavy (non-hydrogen) atoms. The number of hydrogen-bond donors (Lipinski definition) is 0. The zero-order valence-electron chi connectivity index (χ0n) is 18.8. The second kappa shape index (κ2) is 8.38. The van der Waals surface area contributed by atoms with Crippen LogP contribution >= 0.6 is 0 Å². The highest BCUT2D eigenvalue weighted by molar-refractivity contribution is 6.00. The topological polar surface area (TPSA) is 84.3 Å². The van der Waals surface area contributed by atoms with Crippen LogP contribution in [0.15, 0.2) is 36.5 Å². The summed E-state index contributed by atoms with van der Waals surface area (Å²) in [6.07, 6.45) is 1.53. The van der Waals surface area contributed by atoms with Crippen LogP contribution in [0.3, 0.4) is 0 Å². The molecule has 5 rings (SSSR count). The molecule has 1 aromatic carbocycles. The molecule has 0 aliphatic carbocycles. The van der Waals surface area contributed by atoms with Gasteiger partial charge in [-0.3, -0.25) is 4.79 Å². The first-order valence-corrected chi connectivity index (χ1v) is 11.0. The Bertz CT molecular complexity index is 1190. The molecule has 2 unspecified atom stereocenters. The number of hydrogen-bond acceptors (Lipinski definition) is 7. The van der Waals surface area contributed by atoms with Crippen molar-refractivity contribution >= 4 is 11.9 Å². The van der Waals surface area contributed by atoms with Crippen molar-refractivity contribution < 1.29 is 13.9 Å². The van der Waals surface area contributed by atoms with Gasteiger partial charge in [0.15, 0.2) is 5.82 Å². The highest BCUT2D eigenvalue weighted by Gasteiger charge is 2.43. The number of methoxy groups -OCH3 is 1. The summed E-state index contributed by atoms with van der Waals surface area (Å²) in [5, 5.41) is 0. The SMILES string of the molecule is COc1ccnc(-c2cccc(F)c2C(=O)N2CC3CN(c4nc(C)cc(C)n4)CC3C2)n1. The lowest BCUT2D eigenvalue weighted by atomic mass is 10.0. The molecule has 0 N–H and O–H groups in total. The molecule has 0 saturated carbocycles. The number of nitrogens with zero attached hydrogens (tertiary/aromatic N) is 6. The minimum atomic E-state index is -0.578. The van der Waals surface area contributed by atoms with Crippen LogP contribution in [0, 0.1) is 31.5 Å². The minimum absolute atomic E-state index is 0.000208. The predicted octanol–water partition coefficient (Wildman–Crippen LogP) is 2.91. The van der Waals surface area contributed by atoms with Crippen LogP contribution in [0.25, 0.3) is 11.4 Å². The summed E-state index contributed by atoms with van der Waals surface area (Å²) in [6, 6.07) is 8.09. The summed E-state index contributed by atoms with van der Waals surface area (Å²) in [4.78, 5) is 35.1. The number of fused-ring (bicyclic) bond motifs is 1. The molecule has 0 radical (unpaired) electrons. The van der Waals surface area contributed by atoms with Crippen molar-refractivity contribution in [3.05, 3.63) is 59.3 Å². The molecule has 170 valence electrons. The molecule has 2 aliphatic heterocycles. The Morgan fingerprint density at radius 2 is 1.73 bits per heavy atom. The number of amides is 1. The first-order valence-electron chi connectivity index (χ1n) is 11.0. The average molecular weight is 449 g/mol. The van der Waals surface area contributed by atoms with E-state index in [1.165, 1.54) is 19.4 Å². The number of anilines is 1. The molecular formula is C24H25FN6O2. The van der Waals surface area contributed by atoms with Crippen molar-refractivity contribution in [2.45, 2.75) is 13.8 Å². The molecule has 2 fully saturated rings. The van der Waals surface area contributed by atoms with Gasteiger partial charge in [0.25, 0.3) is 5.91 Å². The normalized spacial score (nSPS) is 19.6. The second-order valence-electron chi connectivity index (χ2n) is 8.67. The maximum Gasteiger partial charge on any atom is 0.257 e. The van der Waals surface area contributed by atoms with Crippen LogP contribution in [0.1, 0.15) is 21.7 Å². The third-order valence-electron chi connectivity index (χ3n) is 6.33. The van der Waals surface area contributed by atoms with Crippen LogP contribution in [0.2, 0.25) is 0 Å². The lowest BCUT2D eigenvalue weighted by Crippen LogP contribution is -2.34. The number of likely N-dealkylation sites (tertiary alicyclic amines) is 1. The largest absolute Gasteiger partial charge is 0.481 e. The van der Waals surface area contributed by atoms with E-state index in [1.807, 2.05) is 19.9 Å². The number of benzene rings is 1. The molecule has 2 atom stereocenters. The fourth-order valence-electron chi connectivity index (χ4n) is 4.84. The predicted molar refractivity (Wildman–Crippen MR) is 121 cm³/mol. The highest BCUT2D eigenvalue weighted by atomic mass is 19.1. The van der Waals surface area contributed by atoms with E-state index in [9.17, 15) is 9.18 Å². The second-order valence-corrected chi connectivity index (χ2v) is 8.67. The van der Waals surface area contributed by atoms with Gasteiger partial charge in [-0.25, -0.2) is 19.3 Å². The Kier molecular flexibility index (Phi) is 5.39. The Morgan fingerprint density at radius 3 is 2.39 bits per heavy atom. The third kappa shape index (κ3) is 3.99. The molecule has 0 spiro atoms. The molecule has 9 heteroatoms. The van der Waals surface area contributed by atoms with Gasteiger partial charge in [-0.15, -0.1) is 0 Å². The first kappa shape index (κ1) is 21.2. The molecule has 4 heterocycles. The summed E-state index contributed by atoms with van der Waals surface area (Å²) in [5.41, 5.74) is 2.25. The number of ether oxygens (including phenoxy) is 1. The van der Waals surface area contributed by atoms with E-state index in [-0.39, 0.29) is 17.3 Å². The summed E-state index contributed by atoms with van der Waals surface area (Å²) < 4.78 is 20.1. The molecule has 2 aliphatic rings. The van der Waals surface area contributed by atoms with E-state index < -0.39 is 5.82 Å². The number of rotatable bonds is 4. The summed E-state index contributed by atoms with van der Waals surface area (Å²) >= 11 is 0. The van der Waals surface area contributed by atoms with Crippen LogP contribution in [0.4, 0.5) is 10.3 Å². The zero-order chi connectivity index (χ0) is 23.1. The molecule has 8 nitrogen and oxygen atoms in total. The molecular weight excluding hydrogens is 423 g/mol. The van der Waals surface area contributed by atoms with E-state index in [2.05, 4.69) is 24.8 Å². The smallest absolute Gasteiger partial charge is 0.257 e. The maximum absolute atomic E-state index is 14.9. The zero-order valence-corrected chi connectivity index (χ0v) is 18.8. The number of carbonyl (C=O) groups excluding carboxylic acids is 1. The van der Waals surface area contributed by atoms with Crippen molar-refractivity contribution in [1.29, 1.82) is 0 Å². The molecule has 1 amide bonds. The van der Waals surface area contributed by atoms with E-state index in [4.69, 9.17) is 4.74 Å². The van der Waals surface area contributed by atoms with Crippen LogP contribution in [0.5, 0.6) is 5.88 Å². The van der Waals surface area contributed by atoms with Crippen molar-refractivity contribution in [2.24, 2.45) is 11.8 Å². The molecule has 2 saturated heterocycles. The minimum Gasteiger partial charge on any atom is -0.481 e. The number of halogens is 1. The van der Waals surface area contributed by atoms with Gasteiger partial charge < -0.3 is 14.5 Å². The number of aromatic nitrogens is 4. The Balaban J connectivity index is 1.36. The van der Waals surface area contributed by atoms with Gasteiger partial charge in [-0.05, 0) is 26.0 Å². The van der Waals surface area contributed by atoms with Gasteiger partial charge in [0.1, 0.15) is 5.82 Å². The molecule has 0 bridgehead atoms. The van der Waals surface area contributed by atoms with Crippen molar-refractivity contribution in [2.75, 3.05) is 38.2 Å². The van der Waals surface area contributed by atoms with Gasteiger partial charge in [-0.2, -0.15) is 4.98 Å². The third-order valence-corrected chi connectivity index (χ3v) is 6.33. The Hall–Kier alpha value is -3.62. The molecule has 2 aromatic heterocycles. The monoisotopic (exact) mass is 448 g/mol. The van der Waals surface area contributed by atoms with Gasteiger partial charge in [-0.1, -0.05) is 12.1 Å². The first-order chi connectivity index (χ1) is 15.9. The fourth-order valence-corrected chi connectivity index (χ4v) is 4.84. The van der Waals surface area contributed by atoms with Crippen LogP contribution < -0.4 is 9.64 Å². The van der Waals surface area contributed by atoms with Crippen LogP contribution in [-0.4, -0.2) is 64.0 Å². The van der Waals surface area contributed by atoms with Crippen molar-refractivity contribution in [3.8, 4) is 17.3 Å².